The lowest BCUT2D eigenvalue weighted by atomic mass is 10.3. The second-order valence-corrected chi connectivity index (χ2v) is 2.87. The average molecular weight is 158 g/mol. The maximum Gasteiger partial charge on any atom is 0.0133 e. The summed E-state index contributed by atoms with van der Waals surface area (Å²) in [5.41, 5.74) is 0. The molecule has 68 valence electrons. The molecule has 0 aromatic carbocycles. The van der Waals surface area contributed by atoms with E-state index in [0.29, 0.717) is 0 Å². The third-order valence-electron chi connectivity index (χ3n) is 2.08. The summed E-state index contributed by atoms with van der Waals surface area (Å²) < 4.78 is 0. The maximum atomic E-state index is 2.39. The minimum absolute atomic E-state index is 1.11. The molecule has 0 atom stereocenters. The molecule has 0 saturated carbocycles. The smallest absolute Gasteiger partial charge is 0.0133 e. The van der Waals surface area contributed by atoms with Crippen molar-refractivity contribution in [1.29, 1.82) is 0 Å². The monoisotopic (exact) mass is 158 g/mol. The van der Waals surface area contributed by atoms with Gasteiger partial charge in [-0.15, -0.1) is 0 Å². The summed E-state index contributed by atoms with van der Waals surface area (Å²) >= 11 is 0. The fourth-order valence-electron chi connectivity index (χ4n) is 1.11. The van der Waals surface area contributed by atoms with Crippen LogP contribution in [-0.2, 0) is 0 Å². The lowest BCUT2D eigenvalue weighted by molar-refractivity contribution is 0.00850. The van der Waals surface area contributed by atoms with Crippen LogP contribution in [0.25, 0.3) is 0 Å². The molecule has 0 aromatic rings. The van der Waals surface area contributed by atoms with Gasteiger partial charge in [0.1, 0.15) is 0 Å². The van der Waals surface area contributed by atoms with Crippen LogP contribution in [0.15, 0.2) is 0 Å². The predicted octanol–water partition coefficient (Wildman–Crippen LogP) is 1.98. The van der Waals surface area contributed by atoms with E-state index in [-0.39, 0.29) is 0 Å². The maximum absolute atomic E-state index is 2.39. The standard InChI is InChI=1S/C9H22N2/c1-5-8-9-11(7-3)10(4)6-2/h5-9H2,1-4H3. The molecule has 2 nitrogen and oxygen atoms in total. The number of hydrogen-bond acceptors (Lipinski definition) is 2. The Kier molecular flexibility index (Phi) is 6.57. The van der Waals surface area contributed by atoms with E-state index in [4.69, 9.17) is 0 Å². The summed E-state index contributed by atoms with van der Waals surface area (Å²) in [6, 6.07) is 0. The Bertz CT molecular complexity index is 83.6. The van der Waals surface area contributed by atoms with Gasteiger partial charge >= 0.3 is 0 Å². The molecule has 0 rings (SSSR count). The molecule has 0 aliphatic heterocycles. The van der Waals surface area contributed by atoms with E-state index in [1.807, 2.05) is 0 Å². The molecule has 0 bridgehead atoms. The van der Waals surface area contributed by atoms with Gasteiger partial charge in [0.25, 0.3) is 0 Å². The highest BCUT2D eigenvalue weighted by atomic mass is 15.6. The van der Waals surface area contributed by atoms with Gasteiger partial charge in [0.2, 0.25) is 0 Å². The minimum atomic E-state index is 1.11. The van der Waals surface area contributed by atoms with E-state index in [9.17, 15) is 0 Å². The first-order valence-corrected chi connectivity index (χ1v) is 4.72. The topological polar surface area (TPSA) is 6.48 Å². The molecule has 0 aliphatic carbocycles. The van der Waals surface area contributed by atoms with E-state index in [0.717, 1.165) is 13.1 Å². The molecule has 0 saturated heterocycles. The minimum Gasteiger partial charge on any atom is -0.245 e. The van der Waals surface area contributed by atoms with Gasteiger partial charge in [-0.2, -0.15) is 0 Å². The highest BCUT2D eigenvalue weighted by Gasteiger charge is 2.04. The summed E-state index contributed by atoms with van der Waals surface area (Å²) in [5.74, 6) is 0. The van der Waals surface area contributed by atoms with Gasteiger partial charge in [0.15, 0.2) is 0 Å². The highest BCUT2D eigenvalue weighted by Crippen LogP contribution is 1.97. The zero-order chi connectivity index (χ0) is 8.69. The Morgan fingerprint density at radius 3 is 2.00 bits per heavy atom. The molecule has 0 amide bonds. The zero-order valence-electron chi connectivity index (χ0n) is 8.43. The highest BCUT2D eigenvalue weighted by molar-refractivity contribution is 4.49. The Morgan fingerprint density at radius 1 is 1.00 bits per heavy atom. The second-order valence-electron chi connectivity index (χ2n) is 2.87. The Hall–Kier alpha value is -0.0800. The van der Waals surface area contributed by atoms with Crippen molar-refractivity contribution >= 4 is 0 Å². The SMILES string of the molecule is CCCCN(CC)N(C)CC. The fraction of sp³-hybridized carbons (Fsp3) is 1.00. The first-order chi connectivity index (χ1) is 5.26. The molecule has 0 aliphatic rings. The molecule has 0 heterocycles. The van der Waals surface area contributed by atoms with Gasteiger partial charge in [0.05, 0.1) is 0 Å². The molecule has 0 fully saturated rings. The molecule has 0 radical (unpaired) electrons. The van der Waals surface area contributed by atoms with Gasteiger partial charge in [-0.3, -0.25) is 0 Å². The quantitative estimate of drug-likeness (QED) is 0.545. The van der Waals surface area contributed by atoms with Crippen molar-refractivity contribution in [2.75, 3.05) is 26.7 Å². The van der Waals surface area contributed by atoms with Crippen molar-refractivity contribution in [3.8, 4) is 0 Å². The van der Waals surface area contributed by atoms with Crippen LogP contribution in [0, 0.1) is 0 Å². The van der Waals surface area contributed by atoms with Gasteiger partial charge in [0, 0.05) is 26.7 Å². The van der Waals surface area contributed by atoms with Crippen molar-refractivity contribution < 1.29 is 0 Å². The zero-order valence-corrected chi connectivity index (χ0v) is 8.43. The second kappa shape index (κ2) is 6.62. The van der Waals surface area contributed by atoms with E-state index >= 15 is 0 Å². The lowest BCUT2D eigenvalue weighted by Crippen LogP contribution is -2.40. The molecular formula is C9H22N2. The van der Waals surface area contributed by atoms with Crippen LogP contribution in [0.2, 0.25) is 0 Å². The summed E-state index contributed by atoms with van der Waals surface area (Å²) in [7, 11) is 2.15. The van der Waals surface area contributed by atoms with E-state index < -0.39 is 0 Å². The first kappa shape index (κ1) is 10.9. The largest absolute Gasteiger partial charge is 0.245 e. The summed E-state index contributed by atoms with van der Waals surface area (Å²) in [5, 5.41) is 4.68. The van der Waals surface area contributed by atoms with E-state index in [1.54, 1.807) is 0 Å². The fourth-order valence-corrected chi connectivity index (χ4v) is 1.11. The van der Waals surface area contributed by atoms with Crippen LogP contribution in [0.4, 0.5) is 0 Å². The Morgan fingerprint density at radius 2 is 1.64 bits per heavy atom. The molecule has 0 N–H and O–H groups in total. The van der Waals surface area contributed by atoms with Crippen LogP contribution in [-0.4, -0.2) is 36.7 Å². The molecule has 0 unspecified atom stereocenters. The van der Waals surface area contributed by atoms with Crippen LogP contribution in [0.3, 0.4) is 0 Å². The van der Waals surface area contributed by atoms with Crippen molar-refractivity contribution in [2.24, 2.45) is 0 Å². The summed E-state index contributed by atoms with van der Waals surface area (Å²) in [6.45, 7) is 10.1. The van der Waals surface area contributed by atoms with Crippen LogP contribution in [0.5, 0.6) is 0 Å². The lowest BCUT2D eigenvalue weighted by Gasteiger charge is -2.29. The van der Waals surface area contributed by atoms with Gasteiger partial charge in [-0.05, 0) is 6.42 Å². The number of hydrogen-bond donors (Lipinski definition) is 0. The Labute approximate surface area is 71.1 Å². The summed E-state index contributed by atoms with van der Waals surface area (Å²) in [6.07, 6.45) is 2.59. The number of hydrazine groups is 1. The molecule has 2 heteroatoms. The van der Waals surface area contributed by atoms with E-state index in [2.05, 4.69) is 37.8 Å². The molecule has 0 spiro atoms. The first-order valence-electron chi connectivity index (χ1n) is 4.72. The van der Waals surface area contributed by atoms with Gasteiger partial charge in [-0.25, -0.2) is 10.0 Å². The van der Waals surface area contributed by atoms with Crippen molar-refractivity contribution in [3.05, 3.63) is 0 Å². The third kappa shape index (κ3) is 4.38. The third-order valence-corrected chi connectivity index (χ3v) is 2.08. The normalized spacial score (nSPS) is 11.5. The van der Waals surface area contributed by atoms with Crippen LogP contribution < -0.4 is 0 Å². The molecular weight excluding hydrogens is 136 g/mol. The molecule has 11 heavy (non-hydrogen) atoms. The van der Waals surface area contributed by atoms with Crippen molar-refractivity contribution in [2.45, 2.75) is 33.6 Å². The predicted molar refractivity (Wildman–Crippen MR) is 50.5 cm³/mol. The number of unbranched alkanes of at least 4 members (excludes halogenated alkanes) is 1. The van der Waals surface area contributed by atoms with Crippen molar-refractivity contribution in [3.63, 3.8) is 0 Å². The average Bonchev–Trinajstić information content (AvgIpc) is 2.05. The van der Waals surface area contributed by atoms with Gasteiger partial charge in [-0.1, -0.05) is 27.2 Å². The summed E-state index contributed by atoms with van der Waals surface area (Å²) in [4.78, 5) is 0. The number of rotatable bonds is 6. The van der Waals surface area contributed by atoms with Crippen LogP contribution >= 0.6 is 0 Å². The van der Waals surface area contributed by atoms with Gasteiger partial charge < -0.3 is 0 Å². The van der Waals surface area contributed by atoms with Crippen LogP contribution in [0.1, 0.15) is 33.6 Å². The Balaban J connectivity index is 3.56. The van der Waals surface area contributed by atoms with Crippen molar-refractivity contribution in [1.82, 2.24) is 10.0 Å². The number of nitrogens with zero attached hydrogens (tertiary/aromatic N) is 2. The molecule has 0 aromatic heterocycles. The van der Waals surface area contributed by atoms with E-state index in [1.165, 1.54) is 19.4 Å².